The number of nitrogens with zero attached hydrogens (tertiary/aromatic N) is 3. The van der Waals surface area contributed by atoms with Crippen LogP contribution in [0.25, 0.3) is 0 Å². The molecular formula is C13H23N3O4. The van der Waals surface area contributed by atoms with Crippen molar-refractivity contribution >= 4 is 17.9 Å². The van der Waals surface area contributed by atoms with Gasteiger partial charge in [-0.1, -0.05) is 0 Å². The van der Waals surface area contributed by atoms with Crippen LogP contribution in [0, 0.1) is 0 Å². The Kier molecular flexibility index (Phi) is 5.79. The minimum Gasteiger partial charge on any atom is -0.480 e. The third kappa shape index (κ3) is 4.40. The minimum absolute atomic E-state index is 0.0122. The number of carboxylic acids is 1. The fourth-order valence-electron chi connectivity index (χ4n) is 2.17. The van der Waals surface area contributed by atoms with Crippen LogP contribution in [0.2, 0.25) is 0 Å². The lowest BCUT2D eigenvalue weighted by molar-refractivity contribution is -0.138. The molecule has 20 heavy (non-hydrogen) atoms. The second-order valence-corrected chi connectivity index (χ2v) is 5.34. The second kappa shape index (κ2) is 7.12. The van der Waals surface area contributed by atoms with E-state index in [1.54, 1.807) is 18.7 Å². The van der Waals surface area contributed by atoms with Gasteiger partial charge < -0.3 is 19.8 Å². The van der Waals surface area contributed by atoms with E-state index in [1.165, 1.54) is 16.8 Å². The molecule has 1 aliphatic rings. The van der Waals surface area contributed by atoms with Crippen LogP contribution in [0.4, 0.5) is 4.79 Å². The number of carbonyl (C=O) groups is 3. The van der Waals surface area contributed by atoms with Gasteiger partial charge in [-0.3, -0.25) is 9.59 Å². The zero-order chi connectivity index (χ0) is 15.3. The zero-order valence-electron chi connectivity index (χ0n) is 12.3. The normalized spacial score (nSPS) is 14.5. The van der Waals surface area contributed by atoms with Gasteiger partial charge >= 0.3 is 12.0 Å². The van der Waals surface area contributed by atoms with Gasteiger partial charge in [-0.25, -0.2) is 4.79 Å². The fourth-order valence-corrected chi connectivity index (χ4v) is 2.17. The lowest BCUT2D eigenvalue weighted by Gasteiger charge is -2.30. The van der Waals surface area contributed by atoms with Crippen LogP contribution in [-0.4, -0.2) is 77.0 Å². The van der Waals surface area contributed by atoms with Crippen molar-refractivity contribution in [2.75, 3.05) is 33.2 Å². The summed E-state index contributed by atoms with van der Waals surface area (Å²) in [5.74, 6) is -1.15. The number of carbonyl (C=O) groups excluding carboxylic acids is 2. The van der Waals surface area contributed by atoms with Gasteiger partial charge in [0.25, 0.3) is 0 Å². The standard InChI is InChI=1S/C13H23N3O4/c1-10(2)16(9-12(18)19)13(20)14(3)8-11(17)15-6-4-5-7-15/h10H,4-9H2,1-3H3,(H,18,19). The molecule has 3 amide bonds. The smallest absolute Gasteiger partial charge is 0.323 e. The van der Waals surface area contributed by atoms with Crippen LogP contribution in [0.3, 0.4) is 0 Å². The Hall–Kier alpha value is -1.79. The van der Waals surface area contributed by atoms with E-state index in [2.05, 4.69) is 0 Å². The van der Waals surface area contributed by atoms with E-state index < -0.39 is 12.0 Å². The first-order valence-corrected chi connectivity index (χ1v) is 6.84. The van der Waals surface area contributed by atoms with Crippen molar-refractivity contribution in [2.45, 2.75) is 32.7 Å². The van der Waals surface area contributed by atoms with E-state index >= 15 is 0 Å². The van der Waals surface area contributed by atoms with E-state index in [0.29, 0.717) is 0 Å². The monoisotopic (exact) mass is 285 g/mol. The van der Waals surface area contributed by atoms with Gasteiger partial charge in [0.15, 0.2) is 0 Å². The van der Waals surface area contributed by atoms with E-state index in [0.717, 1.165) is 25.9 Å². The Morgan fingerprint density at radius 3 is 2.15 bits per heavy atom. The van der Waals surface area contributed by atoms with Crippen molar-refractivity contribution in [1.29, 1.82) is 0 Å². The number of likely N-dealkylation sites (N-methyl/N-ethyl adjacent to an activating group) is 1. The lowest BCUT2D eigenvalue weighted by Crippen LogP contribution is -2.49. The molecule has 0 unspecified atom stereocenters. The first kappa shape index (κ1) is 16.3. The average Bonchev–Trinajstić information content (AvgIpc) is 2.88. The Bertz CT molecular complexity index is 378. The summed E-state index contributed by atoms with van der Waals surface area (Å²) < 4.78 is 0. The summed E-state index contributed by atoms with van der Waals surface area (Å²) in [5, 5.41) is 8.83. The number of amides is 3. The molecule has 1 N–H and O–H groups in total. The number of carboxylic acid groups (broad SMARTS) is 1. The molecule has 1 rings (SSSR count). The molecule has 0 aromatic rings. The van der Waals surface area contributed by atoms with E-state index in [1.807, 2.05) is 0 Å². The van der Waals surface area contributed by atoms with Crippen molar-refractivity contribution in [3.8, 4) is 0 Å². The summed E-state index contributed by atoms with van der Waals surface area (Å²) in [7, 11) is 1.52. The van der Waals surface area contributed by atoms with Crippen molar-refractivity contribution in [2.24, 2.45) is 0 Å². The number of likely N-dealkylation sites (tertiary alicyclic amines) is 1. The summed E-state index contributed by atoms with van der Waals surface area (Å²) in [4.78, 5) is 39.2. The first-order chi connectivity index (χ1) is 9.32. The molecule has 0 spiro atoms. The quantitative estimate of drug-likeness (QED) is 0.795. The molecule has 0 aromatic carbocycles. The molecule has 1 fully saturated rings. The highest BCUT2D eigenvalue weighted by Crippen LogP contribution is 2.09. The first-order valence-electron chi connectivity index (χ1n) is 6.84. The average molecular weight is 285 g/mol. The molecule has 0 radical (unpaired) electrons. The van der Waals surface area contributed by atoms with Gasteiger partial charge in [-0.15, -0.1) is 0 Å². The number of rotatable bonds is 5. The van der Waals surface area contributed by atoms with Crippen molar-refractivity contribution in [3.63, 3.8) is 0 Å². The predicted molar refractivity (Wildman–Crippen MR) is 73.3 cm³/mol. The largest absolute Gasteiger partial charge is 0.480 e. The fraction of sp³-hybridized carbons (Fsp3) is 0.769. The second-order valence-electron chi connectivity index (χ2n) is 5.34. The van der Waals surface area contributed by atoms with Gasteiger partial charge in [0.05, 0.1) is 0 Å². The van der Waals surface area contributed by atoms with Crippen LogP contribution >= 0.6 is 0 Å². The zero-order valence-corrected chi connectivity index (χ0v) is 12.3. The summed E-state index contributed by atoms with van der Waals surface area (Å²) >= 11 is 0. The Morgan fingerprint density at radius 2 is 1.70 bits per heavy atom. The van der Waals surface area contributed by atoms with E-state index in [9.17, 15) is 14.4 Å². The topological polar surface area (TPSA) is 81.2 Å². The number of aliphatic carboxylic acids is 1. The molecule has 0 aromatic heterocycles. The van der Waals surface area contributed by atoms with Crippen LogP contribution in [0.15, 0.2) is 0 Å². The third-order valence-electron chi connectivity index (χ3n) is 3.33. The molecule has 1 saturated heterocycles. The van der Waals surface area contributed by atoms with Crippen molar-refractivity contribution in [1.82, 2.24) is 14.7 Å². The Morgan fingerprint density at radius 1 is 1.15 bits per heavy atom. The Labute approximate surface area is 119 Å². The van der Waals surface area contributed by atoms with Crippen LogP contribution in [0.1, 0.15) is 26.7 Å². The van der Waals surface area contributed by atoms with Gasteiger partial charge in [0.1, 0.15) is 13.1 Å². The molecule has 114 valence electrons. The van der Waals surface area contributed by atoms with E-state index in [-0.39, 0.29) is 25.0 Å². The molecule has 0 atom stereocenters. The molecule has 0 aliphatic carbocycles. The highest BCUT2D eigenvalue weighted by Gasteiger charge is 2.26. The molecule has 7 nitrogen and oxygen atoms in total. The highest BCUT2D eigenvalue weighted by molar-refractivity contribution is 5.85. The minimum atomic E-state index is -1.06. The van der Waals surface area contributed by atoms with Gasteiger partial charge in [0, 0.05) is 26.2 Å². The molecule has 0 saturated carbocycles. The molecular weight excluding hydrogens is 262 g/mol. The molecule has 1 aliphatic heterocycles. The molecule has 1 heterocycles. The maximum atomic E-state index is 12.2. The van der Waals surface area contributed by atoms with Gasteiger partial charge in [-0.05, 0) is 26.7 Å². The van der Waals surface area contributed by atoms with Gasteiger partial charge in [-0.2, -0.15) is 0 Å². The number of urea groups is 1. The molecule has 7 heteroatoms. The summed E-state index contributed by atoms with van der Waals surface area (Å²) in [5.41, 5.74) is 0. The maximum Gasteiger partial charge on any atom is 0.323 e. The molecule has 0 bridgehead atoms. The lowest BCUT2D eigenvalue weighted by atomic mass is 10.3. The summed E-state index contributed by atoms with van der Waals surface area (Å²) in [6.45, 7) is 4.60. The van der Waals surface area contributed by atoms with Crippen LogP contribution in [0.5, 0.6) is 0 Å². The van der Waals surface area contributed by atoms with Crippen molar-refractivity contribution in [3.05, 3.63) is 0 Å². The third-order valence-corrected chi connectivity index (χ3v) is 3.33. The Balaban J connectivity index is 2.59. The summed E-state index contributed by atoms with van der Waals surface area (Å²) in [6, 6.07) is -0.669. The van der Waals surface area contributed by atoms with Crippen LogP contribution in [-0.2, 0) is 9.59 Å². The predicted octanol–water partition coefficient (Wildman–Crippen LogP) is 0.456. The number of hydrogen-bond acceptors (Lipinski definition) is 3. The SMILES string of the molecule is CC(C)N(CC(=O)O)C(=O)N(C)CC(=O)N1CCCC1. The number of hydrogen-bond donors (Lipinski definition) is 1. The highest BCUT2D eigenvalue weighted by atomic mass is 16.4. The van der Waals surface area contributed by atoms with Crippen molar-refractivity contribution < 1.29 is 19.5 Å². The summed E-state index contributed by atoms with van der Waals surface area (Å²) in [6.07, 6.45) is 2.00. The van der Waals surface area contributed by atoms with Crippen LogP contribution < -0.4 is 0 Å². The maximum absolute atomic E-state index is 12.2. The van der Waals surface area contributed by atoms with Gasteiger partial charge in [0.2, 0.25) is 5.91 Å². The van der Waals surface area contributed by atoms with E-state index in [4.69, 9.17) is 5.11 Å².